The molecule has 5 nitrogen and oxygen atoms in total. The van der Waals surface area contributed by atoms with E-state index in [4.69, 9.17) is 4.42 Å². The first-order valence-electron chi connectivity index (χ1n) is 6.04. The second kappa shape index (κ2) is 5.27. The quantitative estimate of drug-likeness (QED) is 0.898. The maximum absolute atomic E-state index is 5.50. The first kappa shape index (κ1) is 12.7. The average Bonchev–Trinajstić information content (AvgIpc) is 2.76. The highest BCUT2D eigenvalue weighted by atomic mass is 16.4. The van der Waals surface area contributed by atoms with E-state index in [0.29, 0.717) is 5.89 Å². The Hall–Kier alpha value is -1.75. The van der Waals surface area contributed by atoms with Crippen LogP contribution >= 0.6 is 0 Å². The number of aryl methyl sites for hydroxylation is 2. The van der Waals surface area contributed by atoms with Crippen LogP contribution in [0.3, 0.4) is 0 Å². The van der Waals surface area contributed by atoms with Crippen LogP contribution in [0, 0.1) is 13.8 Å². The van der Waals surface area contributed by atoms with Gasteiger partial charge in [-0.1, -0.05) is 0 Å². The Kier molecular flexibility index (Phi) is 3.72. The van der Waals surface area contributed by atoms with E-state index in [1.54, 1.807) is 18.6 Å². The van der Waals surface area contributed by atoms with Crippen LogP contribution in [0.15, 0.2) is 23.0 Å². The number of nitrogens with one attached hydrogen (secondary N) is 1. The van der Waals surface area contributed by atoms with Crippen molar-refractivity contribution in [1.29, 1.82) is 0 Å². The number of oxazole rings is 1. The van der Waals surface area contributed by atoms with Gasteiger partial charge in [0.25, 0.3) is 0 Å². The fourth-order valence-electron chi connectivity index (χ4n) is 1.94. The summed E-state index contributed by atoms with van der Waals surface area (Å²) in [7, 11) is 0. The predicted octanol–water partition coefficient (Wildman–Crippen LogP) is 2.49. The van der Waals surface area contributed by atoms with Crippen LogP contribution in [0.4, 0.5) is 0 Å². The molecule has 0 aliphatic heterocycles. The minimum absolute atomic E-state index is 0.0371. The predicted molar refractivity (Wildman–Crippen MR) is 68.0 cm³/mol. The zero-order chi connectivity index (χ0) is 13.1. The topological polar surface area (TPSA) is 63.8 Å². The lowest BCUT2D eigenvalue weighted by Crippen LogP contribution is -2.24. The third-order valence-corrected chi connectivity index (χ3v) is 2.84. The zero-order valence-corrected chi connectivity index (χ0v) is 11.1. The molecule has 0 aromatic carbocycles. The lowest BCUT2D eigenvalue weighted by Gasteiger charge is -2.18. The summed E-state index contributed by atoms with van der Waals surface area (Å²) in [6.45, 7) is 7.93. The summed E-state index contributed by atoms with van der Waals surface area (Å²) < 4.78 is 5.50. The van der Waals surface area contributed by atoms with E-state index in [0.717, 1.165) is 17.1 Å². The molecule has 5 heteroatoms. The van der Waals surface area contributed by atoms with Crippen LogP contribution in [-0.2, 0) is 0 Å². The molecule has 0 bridgehead atoms. The molecule has 0 fully saturated rings. The Morgan fingerprint density at radius 3 is 2.39 bits per heavy atom. The van der Waals surface area contributed by atoms with E-state index in [2.05, 4.69) is 27.2 Å². The van der Waals surface area contributed by atoms with E-state index in [-0.39, 0.29) is 12.1 Å². The monoisotopic (exact) mass is 246 g/mol. The molecule has 18 heavy (non-hydrogen) atoms. The smallest absolute Gasteiger partial charge is 0.211 e. The van der Waals surface area contributed by atoms with Gasteiger partial charge < -0.3 is 4.42 Å². The number of hydrogen-bond acceptors (Lipinski definition) is 5. The zero-order valence-electron chi connectivity index (χ0n) is 11.1. The highest BCUT2D eigenvalue weighted by molar-refractivity contribution is 5.13. The van der Waals surface area contributed by atoms with Gasteiger partial charge in [0.1, 0.15) is 5.76 Å². The molecule has 2 aromatic rings. The van der Waals surface area contributed by atoms with Gasteiger partial charge in [-0.05, 0) is 27.7 Å². The molecule has 2 aromatic heterocycles. The number of aromatic nitrogens is 3. The van der Waals surface area contributed by atoms with Gasteiger partial charge in [0.2, 0.25) is 5.89 Å². The Balaban J connectivity index is 2.08. The van der Waals surface area contributed by atoms with Gasteiger partial charge in [0.15, 0.2) is 0 Å². The van der Waals surface area contributed by atoms with Crippen molar-refractivity contribution in [2.24, 2.45) is 0 Å². The largest absolute Gasteiger partial charge is 0.444 e. The van der Waals surface area contributed by atoms with E-state index in [1.807, 2.05) is 20.8 Å². The molecule has 0 radical (unpaired) electrons. The number of rotatable bonds is 4. The van der Waals surface area contributed by atoms with Crippen LogP contribution in [0.2, 0.25) is 0 Å². The van der Waals surface area contributed by atoms with Crippen molar-refractivity contribution in [3.8, 4) is 0 Å². The fraction of sp³-hybridized carbons (Fsp3) is 0.462. The summed E-state index contributed by atoms with van der Waals surface area (Å²) in [5.74, 6) is 1.52. The molecular weight excluding hydrogens is 228 g/mol. The van der Waals surface area contributed by atoms with Crippen molar-refractivity contribution in [2.75, 3.05) is 0 Å². The van der Waals surface area contributed by atoms with E-state index < -0.39 is 0 Å². The Labute approximate surface area is 107 Å². The van der Waals surface area contributed by atoms with E-state index in [1.165, 1.54) is 0 Å². The minimum atomic E-state index is 0.0371. The average molecular weight is 246 g/mol. The molecule has 0 amide bonds. The highest BCUT2D eigenvalue weighted by Gasteiger charge is 2.17. The Morgan fingerprint density at radius 1 is 1.06 bits per heavy atom. The van der Waals surface area contributed by atoms with Crippen molar-refractivity contribution in [3.05, 3.63) is 41.6 Å². The Bertz CT molecular complexity index is 523. The maximum Gasteiger partial charge on any atom is 0.211 e. The van der Waals surface area contributed by atoms with Gasteiger partial charge in [-0.3, -0.25) is 15.3 Å². The van der Waals surface area contributed by atoms with Crippen molar-refractivity contribution in [2.45, 2.75) is 39.8 Å². The standard InChI is InChI=1S/C13H18N4O/c1-8-7-16-13(18-8)11(4)17-10(3)12-9(2)14-5-6-15-12/h5-7,10-11,17H,1-4H3. The lowest BCUT2D eigenvalue weighted by molar-refractivity contribution is 0.377. The molecular formula is C13H18N4O. The molecule has 0 saturated heterocycles. The van der Waals surface area contributed by atoms with Gasteiger partial charge in [-0.2, -0.15) is 0 Å². The summed E-state index contributed by atoms with van der Waals surface area (Å²) in [5, 5.41) is 3.41. The number of nitrogens with zero attached hydrogens (tertiary/aromatic N) is 3. The minimum Gasteiger partial charge on any atom is -0.444 e. The maximum atomic E-state index is 5.50. The van der Waals surface area contributed by atoms with Gasteiger partial charge in [-0.25, -0.2) is 4.98 Å². The molecule has 0 aliphatic carbocycles. The van der Waals surface area contributed by atoms with Crippen LogP contribution in [-0.4, -0.2) is 15.0 Å². The molecule has 96 valence electrons. The van der Waals surface area contributed by atoms with Crippen LogP contribution < -0.4 is 5.32 Å². The highest BCUT2D eigenvalue weighted by Crippen LogP contribution is 2.18. The van der Waals surface area contributed by atoms with E-state index in [9.17, 15) is 0 Å². The molecule has 2 rings (SSSR count). The van der Waals surface area contributed by atoms with Crippen molar-refractivity contribution in [1.82, 2.24) is 20.3 Å². The molecule has 2 atom stereocenters. The Morgan fingerprint density at radius 2 is 1.78 bits per heavy atom. The first-order valence-corrected chi connectivity index (χ1v) is 6.04. The van der Waals surface area contributed by atoms with Gasteiger partial charge in [0.05, 0.1) is 23.6 Å². The van der Waals surface area contributed by atoms with Gasteiger partial charge in [0, 0.05) is 18.4 Å². The third-order valence-electron chi connectivity index (χ3n) is 2.84. The van der Waals surface area contributed by atoms with Crippen LogP contribution in [0.1, 0.15) is 49.0 Å². The summed E-state index contributed by atoms with van der Waals surface area (Å²) in [6, 6.07) is 0.135. The summed E-state index contributed by atoms with van der Waals surface area (Å²) in [6.07, 6.45) is 5.14. The number of hydrogen-bond donors (Lipinski definition) is 1. The third kappa shape index (κ3) is 2.73. The molecule has 2 unspecified atom stereocenters. The van der Waals surface area contributed by atoms with Crippen LogP contribution in [0.25, 0.3) is 0 Å². The summed E-state index contributed by atoms with van der Waals surface area (Å²) in [5.41, 5.74) is 1.89. The van der Waals surface area contributed by atoms with Crippen molar-refractivity contribution < 1.29 is 4.42 Å². The van der Waals surface area contributed by atoms with Crippen molar-refractivity contribution >= 4 is 0 Å². The normalized spacial score (nSPS) is 14.4. The fourth-order valence-corrected chi connectivity index (χ4v) is 1.94. The van der Waals surface area contributed by atoms with Gasteiger partial charge >= 0.3 is 0 Å². The van der Waals surface area contributed by atoms with E-state index >= 15 is 0 Å². The second-order valence-corrected chi connectivity index (χ2v) is 4.45. The molecule has 1 N–H and O–H groups in total. The molecule has 0 saturated carbocycles. The second-order valence-electron chi connectivity index (χ2n) is 4.45. The lowest BCUT2D eigenvalue weighted by atomic mass is 10.1. The van der Waals surface area contributed by atoms with Gasteiger partial charge in [-0.15, -0.1) is 0 Å². The first-order chi connectivity index (χ1) is 8.58. The molecule has 2 heterocycles. The summed E-state index contributed by atoms with van der Waals surface area (Å²) >= 11 is 0. The van der Waals surface area contributed by atoms with Crippen LogP contribution in [0.5, 0.6) is 0 Å². The SMILES string of the molecule is Cc1cnc(C(C)NC(C)c2nccnc2C)o1. The van der Waals surface area contributed by atoms with Crippen molar-refractivity contribution in [3.63, 3.8) is 0 Å². The summed E-state index contributed by atoms with van der Waals surface area (Å²) in [4.78, 5) is 12.8. The molecule has 0 spiro atoms. The molecule has 0 aliphatic rings.